The topological polar surface area (TPSA) is 89.1 Å². The molecule has 0 atom stereocenters. The SMILES string of the molecule is Cc1c(F)cc2[nH]ncc2c1-c1ccn2nc(N)c(C(=O)C3CC3)c2c1. The normalized spacial score (nSPS) is 14.4. The van der Waals surface area contributed by atoms with Gasteiger partial charge in [0.25, 0.3) is 0 Å². The van der Waals surface area contributed by atoms with Crippen LogP contribution in [0.5, 0.6) is 0 Å². The van der Waals surface area contributed by atoms with Crippen molar-refractivity contribution in [1.82, 2.24) is 19.8 Å². The molecule has 26 heavy (non-hydrogen) atoms. The van der Waals surface area contributed by atoms with Crippen molar-refractivity contribution >= 4 is 28.0 Å². The Hall–Kier alpha value is -3.22. The number of pyridine rings is 1. The molecular weight excluding hydrogens is 333 g/mol. The number of halogens is 1. The predicted octanol–water partition coefficient (Wildman–Crippen LogP) is 3.50. The number of nitrogens with two attached hydrogens (primary N) is 1. The van der Waals surface area contributed by atoms with Crippen molar-refractivity contribution in [2.24, 2.45) is 5.92 Å². The number of carbonyl (C=O) groups is 1. The summed E-state index contributed by atoms with van der Waals surface area (Å²) in [5.74, 6) is 0.0203. The second kappa shape index (κ2) is 5.14. The number of nitrogens with zero attached hydrogens (tertiary/aromatic N) is 3. The lowest BCUT2D eigenvalue weighted by Gasteiger charge is -2.10. The molecule has 7 heteroatoms. The summed E-state index contributed by atoms with van der Waals surface area (Å²) in [6.07, 6.45) is 5.23. The van der Waals surface area contributed by atoms with Crippen molar-refractivity contribution in [1.29, 1.82) is 0 Å². The molecule has 130 valence electrons. The molecule has 4 aromatic rings. The zero-order valence-electron chi connectivity index (χ0n) is 14.1. The summed E-state index contributed by atoms with van der Waals surface area (Å²) in [4.78, 5) is 12.6. The average Bonchev–Trinajstić information content (AvgIpc) is 3.28. The average molecular weight is 349 g/mol. The van der Waals surface area contributed by atoms with Crippen molar-refractivity contribution in [3.8, 4) is 11.1 Å². The molecule has 5 rings (SSSR count). The third-order valence-electron chi connectivity index (χ3n) is 5.09. The first-order chi connectivity index (χ1) is 12.5. The number of benzene rings is 1. The number of fused-ring (bicyclic) bond motifs is 2. The molecule has 3 N–H and O–H groups in total. The fraction of sp³-hybridized carbons (Fsp3) is 0.211. The van der Waals surface area contributed by atoms with Crippen molar-refractivity contribution in [2.45, 2.75) is 19.8 Å². The van der Waals surface area contributed by atoms with Crippen LogP contribution in [0.3, 0.4) is 0 Å². The van der Waals surface area contributed by atoms with Gasteiger partial charge in [-0.25, -0.2) is 8.91 Å². The Morgan fingerprint density at radius 2 is 2.19 bits per heavy atom. The minimum Gasteiger partial charge on any atom is -0.382 e. The number of ketones is 1. The van der Waals surface area contributed by atoms with Gasteiger partial charge in [-0.1, -0.05) is 0 Å². The second-order valence-electron chi connectivity index (χ2n) is 6.83. The Morgan fingerprint density at radius 3 is 2.96 bits per heavy atom. The van der Waals surface area contributed by atoms with E-state index in [0.29, 0.717) is 22.2 Å². The van der Waals surface area contributed by atoms with Crippen molar-refractivity contribution in [3.63, 3.8) is 0 Å². The van der Waals surface area contributed by atoms with Crippen molar-refractivity contribution < 1.29 is 9.18 Å². The molecule has 0 spiro atoms. The van der Waals surface area contributed by atoms with E-state index in [-0.39, 0.29) is 23.3 Å². The summed E-state index contributed by atoms with van der Waals surface area (Å²) in [5, 5.41) is 11.9. The smallest absolute Gasteiger partial charge is 0.171 e. The lowest BCUT2D eigenvalue weighted by molar-refractivity contribution is 0.0970. The Morgan fingerprint density at radius 1 is 1.38 bits per heavy atom. The third kappa shape index (κ3) is 2.06. The monoisotopic (exact) mass is 349 g/mol. The van der Waals surface area contributed by atoms with Crippen LogP contribution in [0, 0.1) is 18.7 Å². The van der Waals surface area contributed by atoms with Gasteiger partial charge in [0.1, 0.15) is 5.82 Å². The lowest BCUT2D eigenvalue weighted by Crippen LogP contribution is -2.04. The van der Waals surface area contributed by atoms with Gasteiger partial charge in [0.15, 0.2) is 11.6 Å². The van der Waals surface area contributed by atoms with Crippen molar-refractivity contribution in [3.05, 3.63) is 47.5 Å². The summed E-state index contributed by atoms with van der Waals surface area (Å²) < 4.78 is 16.0. The van der Waals surface area contributed by atoms with Crippen LogP contribution in [0.15, 0.2) is 30.6 Å². The van der Waals surface area contributed by atoms with Crippen LogP contribution in [-0.2, 0) is 0 Å². The Balaban J connectivity index is 1.79. The number of aromatic nitrogens is 4. The first kappa shape index (κ1) is 15.1. The van der Waals surface area contributed by atoms with Crippen LogP contribution in [0.4, 0.5) is 10.2 Å². The maximum Gasteiger partial charge on any atom is 0.171 e. The summed E-state index contributed by atoms with van der Waals surface area (Å²) in [6, 6.07) is 5.14. The highest BCUT2D eigenvalue weighted by Gasteiger charge is 2.34. The molecule has 1 aliphatic rings. The minimum absolute atomic E-state index is 0.0408. The lowest BCUT2D eigenvalue weighted by atomic mass is 9.96. The second-order valence-corrected chi connectivity index (χ2v) is 6.83. The Kier molecular flexibility index (Phi) is 2.98. The number of rotatable bonds is 3. The van der Waals surface area contributed by atoms with Crippen LogP contribution in [-0.4, -0.2) is 25.6 Å². The van der Waals surface area contributed by atoms with Crippen LogP contribution in [0.1, 0.15) is 28.8 Å². The van der Waals surface area contributed by atoms with E-state index in [2.05, 4.69) is 15.3 Å². The first-order valence-electron chi connectivity index (χ1n) is 8.49. The molecule has 6 nitrogen and oxygen atoms in total. The van der Waals surface area contributed by atoms with E-state index in [1.54, 1.807) is 23.8 Å². The standard InChI is InChI=1S/C19H16FN5O/c1-9-13(20)7-14-12(8-22-23-14)16(9)11-4-5-25-15(6-11)17(19(21)24-25)18(26)10-2-3-10/h4-8,10H,2-3H2,1H3,(H2,21,24)(H,22,23). The molecule has 1 aromatic carbocycles. The molecule has 0 amide bonds. The highest BCUT2D eigenvalue weighted by molar-refractivity contribution is 6.09. The molecule has 3 heterocycles. The Bertz CT molecular complexity index is 1200. The molecule has 0 saturated heterocycles. The fourth-order valence-corrected chi connectivity index (χ4v) is 3.56. The summed E-state index contributed by atoms with van der Waals surface area (Å²) >= 11 is 0. The van der Waals surface area contributed by atoms with Crippen LogP contribution >= 0.6 is 0 Å². The zero-order valence-corrected chi connectivity index (χ0v) is 14.1. The maximum atomic E-state index is 14.4. The number of nitrogen functional groups attached to an aromatic ring is 1. The van der Waals surface area contributed by atoms with Gasteiger partial charge in [-0.05, 0) is 54.7 Å². The van der Waals surface area contributed by atoms with E-state index in [9.17, 15) is 9.18 Å². The molecule has 1 fully saturated rings. The first-order valence-corrected chi connectivity index (χ1v) is 8.49. The van der Waals surface area contributed by atoms with Gasteiger partial charge in [-0.15, -0.1) is 5.10 Å². The number of nitrogens with one attached hydrogen (secondary N) is 1. The van der Waals surface area contributed by atoms with Gasteiger partial charge >= 0.3 is 0 Å². The number of aromatic amines is 1. The number of carbonyl (C=O) groups excluding carboxylic acids is 1. The number of H-pyrrole nitrogens is 1. The molecule has 0 radical (unpaired) electrons. The van der Waals surface area contributed by atoms with Crippen molar-refractivity contribution in [2.75, 3.05) is 5.73 Å². The van der Waals surface area contributed by atoms with E-state index in [0.717, 1.165) is 29.4 Å². The fourth-order valence-electron chi connectivity index (χ4n) is 3.56. The van der Waals surface area contributed by atoms with E-state index >= 15 is 0 Å². The quantitative estimate of drug-likeness (QED) is 0.554. The molecule has 0 unspecified atom stereocenters. The predicted molar refractivity (Wildman–Crippen MR) is 96.4 cm³/mol. The summed E-state index contributed by atoms with van der Waals surface area (Å²) in [6.45, 7) is 1.74. The number of hydrogen-bond donors (Lipinski definition) is 2. The van der Waals surface area contributed by atoms with Gasteiger partial charge in [0, 0.05) is 17.5 Å². The van der Waals surface area contributed by atoms with E-state index < -0.39 is 0 Å². The third-order valence-corrected chi connectivity index (χ3v) is 5.09. The highest BCUT2D eigenvalue weighted by Crippen LogP contribution is 2.37. The van der Waals surface area contributed by atoms with E-state index in [1.165, 1.54) is 6.07 Å². The molecule has 0 bridgehead atoms. The number of hydrogen-bond acceptors (Lipinski definition) is 4. The summed E-state index contributed by atoms with van der Waals surface area (Å²) in [5.41, 5.74) is 9.83. The zero-order chi connectivity index (χ0) is 18.0. The van der Waals surface area contributed by atoms with Crippen LogP contribution in [0.25, 0.3) is 27.5 Å². The van der Waals surface area contributed by atoms with E-state index in [1.807, 2.05) is 12.1 Å². The highest BCUT2D eigenvalue weighted by atomic mass is 19.1. The molecule has 3 aromatic heterocycles. The van der Waals surface area contributed by atoms with Gasteiger partial charge in [0.05, 0.1) is 22.8 Å². The molecule has 1 aliphatic carbocycles. The van der Waals surface area contributed by atoms with Crippen LogP contribution in [0.2, 0.25) is 0 Å². The number of anilines is 1. The maximum absolute atomic E-state index is 14.4. The largest absolute Gasteiger partial charge is 0.382 e. The van der Waals surface area contributed by atoms with Gasteiger partial charge < -0.3 is 5.73 Å². The van der Waals surface area contributed by atoms with Crippen LogP contribution < -0.4 is 5.73 Å². The van der Waals surface area contributed by atoms with Gasteiger partial charge in [-0.2, -0.15) is 5.10 Å². The van der Waals surface area contributed by atoms with Gasteiger partial charge in [-0.3, -0.25) is 9.89 Å². The number of Topliss-reactive ketones (excluding diaryl/α,β-unsaturated/α-hetero) is 1. The minimum atomic E-state index is -0.307. The Labute approximate surface area is 147 Å². The molecule has 0 aliphatic heterocycles. The molecule has 1 saturated carbocycles. The molecular formula is C19H16FN5O. The van der Waals surface area contributed by atoms with Gasteiger partial charge in [0.2, 0.25) is 0 Å². The summed E-state index contributed by atoms with van der Waals surface area (Å²) in [7, 11) is 0. The van der Waals surface area contributed by atoms with E-state index in [4.69, 9.17) is 5.73 Å².